The van der Waals surface area contributed by atoms with Crippen molar-refractivity contribution >= 4 is 11.5 Å². The molecule has 0 spiro atoms. The molecule has 1 aromatic heterocycles. The lowest BCUT2D eigenvalue weighted by Gasteiger charge is -2.33. The molecule has 1 N–H and O–H groups in total. The van der Waals surface area contributed by atoms with Gasteiger partial charge in [-0.05, 0) is 18.6 Å². The van der Waals surface area contributed by atoms with Crippen LogP contribution in [0.3, 0.4) is 0 Å². The molecule has 0 radical (unpaired) electrons. The van der Waals surface area contributed by atoms with Crippen LogP contribution in [-0.2, 0) is 0 Å². The smallest absolute Gasteiger partial charge is 0.265 e. The molecule has 1 fully saturated rings. The summed E-state index contributed by atoms with van der Waals surface area (Å²) in [5, 5.41) is 2.94. The minimum absolute atomic E-state index is 0.0158. The summed E-state index contributed by atoms with van der Waals surface area (Å²) in [5.74, 6) is -1.96. The highest BCUT2D eigenvalue weighted by Crippen LogP contribution is 2.29. The van der Waals surface area contributed by atoms with Gasteiger partial charge in [-0.25, -0.2) is 13.8 Å². The van der Waals surface area contributed by atoms with Gasteiger partial charge in [0.05, 0.1) is 18.4 Å². The number of hydrogen-bond donors (Lipinski definition) is 1. The average molecular weight is 257 g/mol. The van der Waals surface area contributed by atoms with Crippen LogP contribution in [-0.4, -0.2) is 31.0 Å². The Labute approximate surface area is 107 Å². The molecule has 0 saturated carbocycles. The number of nitrogens with zero attached hydrogens (tertiary/aromatic N) is 2. The lowest BCUT2D eigenvalue weighted by atomic mass is 10.1. The van der Waals surface area contributed by atoms with Gasteiger partial charge in [0.15, 0.2) is 0 Å². The highest BCUT2D eigenvalue weighted by molar-refractivity contribution is 5.48. The van der Waals surface area contributed by atoms with E-state index < -0.39 is 5.92 Å². The largest absolute Gasteiger partial charge is 0.387 e. The Morgan fingerprint density at radius 3 is 2.56 bits per heavy atom. The number of anilines is 2. The number of halogens is 2. The topological polar surface area (TPSA) is 28.2 Å². The van der Waals surface area contributed by atoms with Crippen LogP contribution < -0.4 is 10.2 Å². The van der Waals surface area contributed by atoms with E-state index in [2.05, 4.69) is 10.3 Å². The summed E-state index contributed by atoms with van der Waals surface area (Å²) >= 11 is 0. The second-order valence-corrected chi connectivity index (χ2v) is 4.04. The molecule has 3 nitrogen and oxygen atoms in total. The van der Waals surface area contributed by atoms with Crippen LogP contribution in [0.15, 0.2) is 18.3 Å². The van der Waals surface area contributed by atoms with Gasteiger partial charge in [-0.2, -0.15) is 0 Å². The zero-order chi connectivity index (χ0) is 13.6. The average Bonchev–Trinajstić information content (AvgIpc) is 2.40. The van der Waals surface area contributed by atoms with E-state index in [1.165, 1.54) is 0 Å². The van der Waals surface area contributed by atoms with Gasteiger partial charge < -0.3 is 10.2 Å². The van der Waals surface area contributed by atoms with Crippen molar-refractivity contribution in [1.29, 1.82) is 0 Å². The molecule has 0 amide bonds. The predicted octanol–water partition coefficient (Wildman–Crippen LogP) is 3.39. The first-order chi connectivity index (χ1) is 8.61. The van der Waals surface area contributed by atoms with Gasteiger partial charge in [-0.15, -0.1) is 0 Å². The highest BCUT2D eigenvalue weighted by atomic mass is 19.3. The predicted molar refractivity (Wildman–Crippen MR) is 71.5 cm³/mol. The standard InChI is InChI=1S/C11H15F2N3.C2H6/c1-14-9-3-4-10(15-7-9)16-6-2-5-11(12,13)8-16;1-2/h3-4,7,14H,2,5-6,8H2,1H3;1-2H3. The lowest BCUT2D eigenvalue weighted by Crippen LogP contribution is -2.43. The summed E-state index contributed by atoms with van der Waals surface area (Å²) in [7, 11) is 1.80. The molecule has 2 heterocycles. The first-order valence-electron chi connectivity index (χ1n) is 6.37. The maximum absolute atomic E-state index is 13.2. The molecule has 0 aromatic carbocycles. The second kappa shape index (κ2) is 6.52. The van der Waals surface area contributed by atoms with Crippen molar-refractivity contribution in [2.45, 2.75) is 32.6 Å². The van der Waals surface area contributed by atoms with Crippen LogP contribution >= 0.6 is 0 Å². The van der Waals surface area contributed by atoms with Gasteiger partial charge in [0.25, 0.3) is 5.92 Å². The Hall–Kier alpha value is -1.39. The summed E-state index contributed by atoms with van der Waals surface area (Å²) < 4.78 is 26.4. The summed E-state index contributed by atoms with van der Waals surface area (Å²) in [6.45, 7) is 4.43. The van der Waals surface area contributed by atoms with Crippen molar-refractivity contribution in [2.24, 2.45) is 0 Å². The van der Waals surface area contributed by atoms with E-state index in [0.29, 0.717) is 18.8 Å². The van der Waals surface area contributed by atoms with Crippen LogP contribution in [0.5, 0.6) is 0 Å². The fourth-order valence-corrected chi connectivity index (χ4v) is 1.88. The third-order valence-corrected chi connectivity index (χ3v) is 2.75. The molecule has 0 bridgehead atoms. The van der Waals surface area contributed by atoms with E-state index >= 15 is 0 Å². The van der Waals surface area contributed by atoms with Crippen LogP contribution in [0, 0.1) is 0 Å². The second-order valence-electron chi connectivity index (χ2n) is 4.04. The Morgan fingerprint density at radius 2 is 2.06 bits per heavy atom. The number of aromatic nitrogens is 1. The minimum Gasteiger partial charge on any atom is -0.387 e. The molecule has 1 saturated heterocycles. The number of alkyl halides is 2. The van der Waals surface area contributed by atoms with Crippen molar-refractivity contribution < 1.29 is 8.78 Å². The maximum atomic E-state index is 13.2. The van der Waals surface area contributed by atoms with Crippen molar-refractivity contribution in [3.8, 4) is 0 Å². The maximum Gasteiger partial charge on any atom is 0.265 e. The zero-order valence-corrected chi connectivity index (χ0v) is 11.2. The fourth-order valence-electron chi connectivity index (χ4n) is 1.88. The van der Waals surface area contributed by atoms with Crippen molar-refractivity contribution in [3.05, 3.63) is 18.3 Å². The van der Waals surface area contributed by atoms with E-state index in [1.54, 1.807) is 24.2 Å². The van der Waals surface area contributed by atoms with Gasteiger partial charge >= 0.3 is 0 Å². The molecular weight excluding hydrogens is 236 g/mol. The Kier molecular flexibility index (Phi) is 5.31. The SMILES string of the molecule is CC.CNc1ccc(N2CCCC(F)(F)C2)nc1. The van der Waals surface area contributed by atoms with Crippen LogP contribution in [0.25, 0.3) is 0 Å². The number of piperidine rings is 1. The monoisotopic (exact) mass is 257 g/mol. The third kappa shape index (κ3) is 3.82. The molecule has 18 heavy (non-hydrogen) atoms. The van der Waals surface area contributed by atoms with E-state index in [1.807, 2.05) is 19.9 Å². The lowest BCUT2D eigenvalue weighted by molar-refractivity contribution is -0.0118. The van der Waals surface area contributed by atoms with Crippen molar-refractivity contribution in [3.63, 3.8) is 0 Å². The van der Waals surface area contributed by atoms with E-state index in [9.17, 15) is 8.78 Å². The van der Waals surface area contributed by atoms with Gasteiger partial charge in [-0.1, -0.05) is 13.8 Å². The molecule has 0 unspecified atom stereocenters. The van der Waals surface area contributed by atoms with Gasteiger partial charge in [0, 0.05) is 20.0 Å². The molecular formula is C13H21F2N3. The number of rotatable bonds is 2. The summed E-state index contributed by atoms with van der Waals surface area (Å²) in [4.78, 5) is 5.81. The molecule has 1 aromatic rings. The van der Waals surface area contributed by atoms with Crippen molar-refractivity contribution in [2.75, 3.05) is 30.4 Å². The summed E-state index contributed by atoms with van der Waals surface area (Å²) in [6, 6.07) is 3.61. The summed E-state index contributed by atoms with van der Waals surface area (Å²) in [6.07, 6.45) is 2.16. The van der Waals surface area contributed by atoms with E-state index in [0.717, 1.165) is 5.69 Å². The molecule has 5 heteroatoms. The Bertz CT molecular complexity index is 352. The molecule has 102 valence electrons. The molecule has 0 aliphatic carbocycles. The van der Waals surface area contributed by atoms with Crippen LogP contribution in [0.1, 0.15) is 26.7 Å². The fraction of sp³-hybridized carbons (Fsp3) is 0.615. The molecule has 1 aliphatic rings. The first kappa shape index (κ1) is 14.7. The van der Waals surface area contributed by atoms with Crippen molar-refractivity contribution in [1.82, 2.24) is 4.98 Å². The van der Waals surface area contributed by atoms with E-state index in [4.69, 9.17) is 0 Å². The highest BCUT2D eigenvalue weighted by Gasteiger charge is 2.35. The molecule has 2 rings (SSSR count). The molecule has 0 atom stereocenters. The quantitative estimate of drug-likeness (QED) is 0.880. The summed E-state index contributed by atoms with van der Waals surface area (Å²) in [5.41, 5.74) is 0.882. The number of pyridine rings is 1. The normalized spacial score (nSPS) is 17.7. The zero-order valence-electron chi connectivity index (χ0n) is 11.2. The first-order valence-corrected chi connectivity index (χ1v) is 6.37. The van der Waals surface area contributed by atoms with Gasteiger partial charge in [0.1, 0.15) is 5.82 Å². The van der Waals surface area contributed by atoms with Crippen LogP contribution in [0.2, 0.25) is 0 Å². The number of nitrogens with one attached hydrogen (secondary N) is 1. The van der Waals surface area contributed by atoms with E-state index in [-0.39, 0.29) is 13.0 Å². The third-order valence-electron chi connectivity index (χ3n) is 2.75. The minimum atomic E-state index is -2.58. The van der Waals surface area contributed by atoms with Gasteiger partial charge in [0.2, 0.25) is 0 Å². The number of hydrogen-bond acceptors (Lipinski definition) is 3. The van der Waals surface area contributed by atoms with Crippen LogP contribution in [0.4, 0.5) is 20.3 Å². The Morgan fingerprint density at radius 1 is 1.33 bits per heavy atom. The Balaban J connectivity index is 0.000000771. The van der Waals surface area contributed by atoms with Gasteiger partial charge in [-0.3, -0.25) is 0 Å². The molecule has 1 aliphatic heterocycles.